The Hall–Kier alpha value is -2.23. The Kier molecular flexibility index (Phi) is 8.67. The molecule has 0 saturated carbocycles. The van der Waals surface area contributed by atoms with Crippen molar-refractivity contribution in [1.82, 2.24) is 4.90 Å². The fourth-order valence-corrected chi connectivity index (χ4v) is 2.52. The van der Waals surface area contributed by atoms with Crippen LogP contribution in [0.3, 0.4) is 0 Å². The van der Waals surface area contributed by atoms with Gasteiger partial charge in [0.15, 0.2) is 0 Å². The fourth-order valence-electron chi connectivity index (χ4n) is 2.52. The van der Waals surface area contributed by atoms with Gasteiger partial charge in [-0.1, -0.05) is 12.3 Å². The van der Waals surface area contributed by atoms with E-state index in [0.717, 1.165) is 25.4 Å². The Morgan fingerprint density at radius 3 is 2.48 bits per heavy atom. The van der Waals surface area contributed by atoms with Crippen molar-refractivity contribution in [2.24, 2.45) is 0 Å². The van der Waals surface area contributed by atoms with E-state index in [9.17, 15) is 4.79 Å². The molecule has 0 aliphatic carbocycles. The SMILES string of the molecule is C#CCOCCOC(=O)Oc1ccc(OCCN2CCCCC2)cc1. The Balaban J connectivity index is 1.61. The number of terminal acetylenes is 1. The maximum Gasteiger partial charge on any atom is 0.513 e. The maximum absolute atomic E-state index is 11.5. The lowest BCUT2D eigenvalue weighted by atomic mass is 10.1. The Morgan fingerprint density at radius 1 is 1.04 bits per heavy atom. The normalized spacial score (nSPS) is 14.5. The van der Waals surface area contributed by atoms with E-state index in [1.54, 1.807) is 24.3 Å². The third-order valence-electron chi connectivity index (χ3n) is 3.78. The molecule has 0 bridgehead atoms. The maximum atomic E-state index is 11.5. The smallest absolute Gasteiger partial charge is 0.492 e. The summed E-state index contributed by atoms with van der Waals surface area (Å²) in [5.41, 5.74) is 0. The molecule has 6 nitrogen and oxygen atoms in total. The van der Waals surface area contributed by atoms with Crippen LogP contribution in [0.2, 0.25) is 0 Å². The number of nitrogens with zero attached hydrogens (tertiary/aromatic N) is 1. The van der Waals surface area contributed by atoms with E-state index in [4.69, 9.17) is 25.4 Å². The minimum Gasteiger partial charge on any atom is -0.492 e. The monoisotopic (exact) mass is 347 g/mol. The second-order valence-electron chi connectivity index (χ2n) is 5.68. The highest BCUT2D eigenvalue weighted by atomic mass is 16.7. The van der Waals surface area contributed by atoms with E-state index in [-0.39, 0.29) is 19.8 Å². The van der Waals surface area contributed by atoms with Crippen LogP contribution in [0.1, 0.15) is 19.3 Å². The van der Waals surface area contributed by atoms with E-state index < -0.39 is 6.16 Å². The van der Waals surface area contributed by atoms with Gasteiger partial charge in [0.2, 0.25) is 0 Å². The number of carbonyl (C=O) groups is 1. The first-order valence-electron chi connectivity index (χ1n) is 8.59. The number of hydrogen-bond acceptors (Lipinski definition) is 6. The van der Waals surface area contributed by atoms with Crippen LogP contribution in [0.15, 0.2) is 24.3 Å². The molecule has 0 spiro atoms. The second-order valence-corrected chi connectivity index (χ2v) is 5.68. The summed E-state index contributed by atoms with van der Waals surface area (Å²) in [4.78, 5) is 13.9. The molecule has 1 heterocycles. The number of rotatable bonds is 9. The van der Waals surface area contributed by atoms with Gasteiger partial charge in [-0.3, -0.25) is 4.90 Å². The fraction of sp³-hybridized carbons (Fsp3) is 0.526. The summed E-state index contributed by atoms with van der Waals surface area (Å²) in [7, 11) is 0. The van der Waals surface area contributed by atoms with E-state index in [1.807, 2.05) is 0 Å². The lowest BCUT2D eigenvalue weighted by Crippen LogP contribution is -2.33. The van der Waals surface area contributed by atoms with Crippen molar-refractivity contribution in [2.75, 3.05) is 46.1 Å². The molecule has 1 aliphatic rings. The van der Waals surface area contributed by atoms with E-state index >= 15 is 0 Å². The highest BCUT2D eigenvalue weighted by molar-refractivity contribution is 5.63. The zero-order chi connectivity index (χ0) is 17.7. The van der Waals surface area contributed by atoms with Crippen molar-refractivity contribution in [3.05, 3.63) is 24.3 Å². The van der Waals surface area contributed by atoms with Gasteiger partial charge in [-0.05, 0) is 50.2 Å². The summed E-state index contributed by atoms with van der Waals surface area (Å²) in [6, 6.07) is 6.89. The molecule has 25 heavy (non-hydrogen) atoms. The van der Waals surface area contributed by atoms with Crippen molar-refractivity contribution in [2.45, 2.75) is 19.3 Å². The van der Waals surface area contributed by atoms with E-state index in [2.05, 4.69) is 10.8 Å². The molecule has 6 heteroatoms. The molecule has 0 amide bonds. The van der Waals surface area contributed by atoms with Gasteiger partial charge in [-0.25, -0.2) is 4.79 Å². The van der Waals surface area contributed by atoms with Crippen molar-refractivity contribution < 1.29 is 23.7 Å². The summed E-state index contributed by atoms with van der Waals surface area (Å²) >= 11 is 0. The van der Waals surface area contributed by atoms with Gasteiger partial charge in [-0.15, -0.1) is 6.42 Å². The molecule has 1 saturated heterocycles. The third-order valence-corrected chi connectivity index (χ3v) is 3.78. The van der Waals surface area contributed by atoms with E-state index in [0.29, 0.717) is 12.4 Å². The number of carbonyl (C=O) groups excluding carboxylic acids is 1. The third kappa shape index (κ3) is 7.92. The lowest BCUT2D eigenvalue weighted by Gasteiger charge is -2.26. The first-order valence-corrected chi connectivity index (χ1v) is 8.59. The second kappa shape index (κ2) is 11.3. The largest absolute Gasteiger partial charge is 0.513 e. The molecule has 1 aromatic carbocycles. The molecule has 0 N–H and O–H groups in total. The molecule has 0 unspecified atom stereocenters. The van der Waals surface area contributed by atoms with Gasteiger partial charge in [0, 0.05) is 6.54 Å². The lowest BCUT2D eigenvalue weighted by molar-refractivity contribution is 0.0614. The number of benzene rings is 1. The zero-order valence-corrected chi connectivity index (χ0v) is 14.4. The van der Waals surface area contributed by atoms with Crippen LogP contribution < -0.4 is 9.47 Å². The standard InChI is InChI=1S/C19H25NO5/c1-2-13-22-15-16-24-19(21)25-18-8-6-17(7-9-18)23-14-12-20-10-4-3-5-11-20/h1,6-9H,3-5,10-16H2. The van der Waals surface area contributed by atoms with Crippen molar-refractivity contribution in [3.8, 4) is 23.8 Å². The van der Waals surface area contributed by atoms with Crippen LogP contribution in [0.5, 0.6) is 11.5 Å². The van der Waals surface area contributed by atoms with E-state index in [1.165, 1.54) is 19.3 Å². The highest BCUT2D eigenvalue weighted by Crippen LogP contribution is 2.18. The topological polar surface area (TPSA) is 57.2 Å². The molecule has 136 valence electrons. The number of likely N-dealkylation sites (tertiary alicyclic amines) is 1. The van der Waals surface area contributed by atoms with Gasteiger partial charge in [0.25, 0.3) is 0 Å². The summed E-state index contributed by atoms with van der Waals surface area (Å²) in [6.07, 6.45) is 8.14. The van der Waals surface area contributed by atoms with Gasteiger partial charge in [-0.2, -0.15) is 0 Å². The molecule has 0 radical (unpaired) electrons. The average molecular weight is 347 g/mol. The summed E-state index contributed by atoms with van der Waals surface area (Å²) in [5.74, 6) is 3.48. The molecule has 1 aromatic rings. The minimum atomic E-state index is -0.775. The molecular formula is C19H25NO5. The van der Waals surface area contributed by atoms with Crippen LogP contribution in [0.4, 0.5) is 4.79 Å². The van der Waals surface area contributed by atoms with Crippen LogP contribution >= 0.6 is 0 Å². The van der Waals surface area contributed by atoms with Crippen LogP contribution in [-0.2, 0) is 9.47 Å². The predicted octanol–water partition coefficient (Wildman–Crippen LogP) is 2.72. The number of ether oxygens (including phenoxy) is 4. The molecule has 1 fully saturated rings. The summed E-state index contributed by atoms with van der Waals surface area (Å²) in [5, 5.41) is 0. The molecule has 1 aliphatic heterocycles. The van der Waals surface area contributed by atoms with Gasteiger partial charge >= 0.3 is 6.16 Å². The number of piperidine rings is 1. The van der Waals surface area contributed by atoms with Crippen LogP contribution in [0.25, 0.3) is 0 Å². The summed E-state index contributed by atoms with van der Waals surface area (Å²) < 4.78 is 20.6. The molecule has 2 rings (SSSR count). The van der Waals surface area contributed by atoms with Crippen molar-refractivity contribution in [3.63, 3.8) is 0 Å². The van der Waals surface area contributed by atoms with Crippen molar-refractivity contribution in [1.29, 1.82) is 0 Å². The average Bonchev–Trinajstić information content (AvgIpc) is 2.64. The summed E-state index contributed by atoms with van der Waals surface area (Å²) in [6.45, 7) is 4.43. The van der Waals surface area contributed by atoms with Gasteiger partial charge in [0.1, 0.15) is 31.3 Å². The molecular weight excluding hydrogens is 322 g/mol. The first-order chi connectivity index (χ1) is 12.3. The molecule has 0 atom stereocenters. The minimum absolute atomic E-state index is 0.0954. The molecule has 0 aromatic heterocycles. The Morgan fingerprint density at radius 2 is 1.76 bits per heavy atom. The predicted molar refractivity (Wildman–Crippen MR) is 93.9 cm³/mol. The highest BCUT2D eigenvalue weighted by Gasteiger charge is 2.10. The van der Waals surface area contributed by atoms with Crippen molar-refractivity contribution >= 4 is 6.16 Å². The Labute approximate surface area is 149 Å². The van der Waals surface area contributed by atoms with Crippen LogP contribution in [0, 0.1) is 12.3 Å². The van der Waals surface area contributed by atoms with Crippen LogP contribution in [-0.4, -0.2) is 57.1 Å². The Bertz CT molecular complexity index is 546. The van der Waals surface area contributed by atoms with Gasteiger partial charge < -0.3 is 18.9 Å². The zero-order valence-electron chi connectivity index (χ0n) is 14.4. The quantitative estimate of drug-likeness (QED) is 0.296. The van der Waals surface area contributed by atoms with Gasteiger partial charge in [0.05, 0.1) is 6.61 Å². The first kappa shape index (κ1) is 19.1. The number of hydrogen-bond donors (Lipinski definition) is 0.